The highest BCUT2D eigenvalue weighted by molar-refractivity contribution is 5.77. The van der Waals surface area contributed by atoms with Crippen molar-refractivity contribution in [1.29, 1.82) is 0 Å². The number of benzene rings is 2. The molecule has 0 aliphatic heterocycles. The predicted molar refractivity (Wildman–Crippen MR) is 89.7 cm³/mol. The van der Waals surface area contributed by atoms with Gasteiger partial charge in [-0.1, -0.05) is 18.2 Å². The average Bonchev–Trinajstić information content (AvgIpc) is 3.09. The second-order valence-corrected chi connectivity index (χ2v) is 5.54. The van der Waals surface area contributed by atoms with Crippen molar-refractivity contribution in [2.45, 2.75) is 19.1 Å². The Kier molecular flexibility index (Phi) is 5.17. The molecule has 0 saturated carbocycles. The molecule has 2 N–H and O–H groups in total. The Morgan fingerprint density at radius 3 is 2.65 bits per heavy atom. The number of para-hydroxylation sites is 1. The van der Waals surface area contributed by atoms with E-state index in [-0.39, 0.29) is 6.61 Å². The Morgan fingerprint density at radius 2 is 1.88 bits per heavy atom. The number of nitrogens with one attached hydrogen (secondary N) is 1. The van der Waals surface area contributed by atoms with E-state index < -0.39 is 11.7 Å². The van der Waals surface area contributed by atoms with Crippen LogP contribution in [0.1, 0.15) is 12.0 Å². The van der Waals surface area contributed by atoms with Crippen LogP contribution in [0.25, 0.3) is 11.4 Å². The van der Waals surface area contributed by atoms with E-state index in [4.69, 9.17) is 5.11 Å². The first kappa shape index (κ1) is 17.9. The minimum Gasteiger partial charge on any atom is -0.396 e. The Bertz CT molecular complexity index is 879. The molecule has 1 aromatic heterocycles. The number of hydrogen-bond acceptors (Lipinski definition) is 5. The minimum atomic E-state index is -4.41. The lowest BCUT2D eigenvalue weighted by Gasteiger charge is -2.12. The van der Waals surface area contributed by atoms with Crippen molar-refractivity contribution >= 4 is 11.4 Å². The number of tetrazole rings is 1. The van der Waals surface area contributed by atoms with Gasteiger partial charge in [-0.15, -0.1) is 10.2 Å². The molecule has 26 heavy (non-hydrogen) atoms. The van der Waals surface area contributed by atoms with Gasteiger partial charge in [0.05, 0.1) is 12.1 Å². The summed E-state index contributed by atoms with van der Waals surface area (Å²) in [6.45, 7) is 0.442. The molecule has 0 aliphatic rings. The maximum Gasteiger partial charge on any atom is 0.416 e. The highest BCUT2D eigenvalue weighted by Crippen LogP contribution is 2.33. The summed E-state index contributed by atoms with van der Waals surface area (Å²) in [4.78, 5) is 1.37. The van der Waals surface area contributed by atoms with Crippen molar-refractivity contribution in [3.63, 3.8) is 0 Å². The number of aliphatic hydroxyl groups excluding tert-OH is 1. The summed E-state index contributed by atoms with van der Waals surface area (Å²) >= 11 is 0. The van der Waals surface area contributed by atoms with Gasteiger partial charge >= 0.3 is 6.18 Å². The first-order chi connectivity index (χ1) is 12.5. The van der Waals surface area contributed by atoms with E-state index in [1.807, 2.05) is 0 Å². The van der Waals surface area contributed by atoms with Gasteiger partial charge in [0.15, 0.2) is 0 Å². The summed E-state index contributed by atoms with van der Waals surface area (Å²) in [5.74, 6) is 0.345. The van der Waals surface area contributed by atoms with E-state index in [0.717, 1.165) is 12.1 Å². The van der Waals surface area contributed by atoms with Gasteiger partial charge in [0.2, 0.25) is 5.82 Å². The summed E-state index contributed by atoms with van der Waals surface area (Å²) in [6, 6.07) is 12.0. The zero-order valence-electron chi connectivity index (χ0n) is 13.6. The number of anilines is 2. The van der Waals surface area contributed by atoms with Crippen LogP contribution in [0.4, 0.5) is 24.5 Å². The third-order valence-electron chi connectivity index (χ3n) is 3.61. The molecule has 0 fully saturated rings. The lowest BCUT2D eigenvalue weighted by Crippen LogP contribution is -2.05. The van der Waals surface area contributed by atoms with Crippen LogP contribution in [0.15, 0.2) is 48.5 Å². The van der Waals surface area contributed by atoms with E-state index in [9.17, 15) is 13.2 Å². The Balaban J connectivity index is 1.87. The molecular weight excluding hydrogens is 347 g/mol. The summed E-state index contributed by atoms with van der Waals surface area (Å²) in [5, 5.41) is 24.0. The van der Waals surface area contributed by atoms with Crippen LogP contribution in [0.2, 0.25) is 0 Å². The number of alkyl halides is 3. The van der Waals surface area contributed by atoms with Gasteiger partial charge in [0.1, 0.15) is 0 Å². The van der Waals surface area contributed by atoms with Gasteiger partial charge in [0.25, 0.3) is 0 Å². The molecule has 0 atom stereocenters. The van der Waals surface area contributed by atoms with E-state index >= 15 is 0 Å². The highest BCUT2D eigenvalue weighted by Gasteiger charge is 2.30. The predicted octanol–water partition coefficient (Wildman–Crippen LogP) is 3.48. The Labute approximate surface area is 147 Å². The van der Waals surface area contributed by atoms with Crippen LogP contribution >= 0.6 is 0 Å². The average molecular weight is 363 g/mol. The first-order valence-corrected chi connectivity index (χ1v) is 7.90. The van der Waals surface area contributed by atoms with Gasteiger partial charge in [0, 0.05) is 23.5 Å². The number of aryl methyl sites for hydroxylation is 1. The number of rotatable bonds is 6. The van der Waals surface area contributed by atoms with E-state index in [1.54, 1.807) is 30.3 Å². The van der Waals surface area contributed by atoms with Gasteiger partial charge in [-0.2, -0.15) is 18.0 Å². The third-order valence-corrected chi connectivity index (χ3v) is 3.61. The molecule has 0 saturated heterocycles. The smallest absolute Gasteiger partial charge is 0.396 e. The highest BCUT2D eigenvalue weighted by atomic mass is 19.4. The normalized spacial score (nSPS) is 11.5. The molecule has 2 aromatic carbocycles. The molecule has 136 valence electrons. The monoisotopic (exact) mass is 363 g/mol. The first-order valence-electron chi connectivity index (χ1n) is 7.90. The number of aliphatic hydroxyl groups is 1. The van der Waals surface area contributed by atoms with Crippen molar-refractivity contribution in [3.05, 3.63) is 54.1 Å². The van der Waals surface area contributed by atoms with E-state index in [1.165, 1.54) is 10.9 Å². The second kappa shape index (κ2) is 7.52. The van der Waals surface area contributed by atoms with Gasteiger partial charge < -0.3 is 10.4 Å². The maximum atomic E-state index is 12.9. The van der Waals surface area contributed by atoms with Crippen molar-refractivity contribution in [2.75, 3.05) is 11.9 Å². The van der Waals surface area contributed by atoms with Crippen molar-refractivity contribution < 1.29 is 18.3 Å². The van der Waals surface area contributed by atoms with Crippen LogP contribution in [0.5, 0.6) is 0 Å². The van der Waals surface area contributed by atoms with Crippen LogP contribution in [-0.2, 0) is 12.7 Å². The molecule has 6 nitrogen and oxygen atoms in total. The lowest BCUT2D eigenvalue weighted by molar-refractivity contribution is -0.137. The molecule has 0 bridgehead atoms. The van der Waals surface area contributed by atoms with Gasteiger partial charge in [-0.25, -0.2) is 0 Å². The Morgan fingerprint density at radius 1 is 1.08 bits per heavy atom. The fraction of sp³-hybridized carbons (Fsp3) is 0.235. The molecule has 3 aromatic rings. The molecular formula is C17H16F3N5O. The second-order valence-electron chi connectivity index (χ2n) is 5.54. The van der Waals surface area contributed by atoms with Crippen molar-refractivity contribution in [2.24, 2.45) is 0 Å². The number of hydrogen-bond donors (Lipinski definition) is 2. The van der Waals surface area contributed by atoms with Crippen LogP contribution in [0.3, 0.4) is 0 Å². The zero-order valence-corrected chi connectivity index (χ0v) is 13.6. The van der Waals surface area contributed by atoms with Gasteiger partial charge in [-0.3, -0.25) is 0 Å². The molecule has 0 amide bonds. The number of nitrogens with zero attached hydrogens (tertiary/aromatic N) is 4. The van der Waals surface area contributed by atoms with E-state index in [0.29, 0.717) is 35.7 Å². The van der Waals surface area contributed by atoms with Gasteiger partial charge in [-0.05, 0) is 42.0 Å². The quantitative estimate of drug-likeness (QED) is 0.701. The fourth-order valence-corrected chi connectivity index (χ4v) is 2.37. The topological polar surface area (TPSA) is 75.9 Å². The summed E-state index contributed by atoms with van der Waals surface area (Å²) < 4.78 is 38.6. The van der Waals surface area contributed by atoms with Crippen LogP contribution in [-0.4, -0.2) is 31.9 Å². The zero-order chi connectivity index (χ0) is 18.6. The molecule has 9 heteroatoms. The van der Waals surface area contributed by atoms with Crippen LogP contribution < -0.4 is 5.32 Å². The van der Waals surface area contributed by atoms with Crippen LogP contribution in [0, 0.1) is 0 Å². The molecule has 3 rings (SSSR count). The summed E-state index contributed by atoms with van der Waals surface area (Å²) in [5.41, 5.74) is 0.752. The van der Waals surface area contributed by atoms with Crippen molar-refractivity contribution in [3.8, 4) is 11.4 Å². The molecule has 0 aliphatic carbocycles. The SMILES string of the molecule is OCCCn1nnc(-c2ccccc2Nc2cccc(C(F)(F)F)c2)n1. The fourth-order valence-electron chi connectivity index (χ4n) is 2.37. The standard InChI is InChI=1S/C17H16F3N5O/c18-17(19,20)12-5-3-6-13(11-12)21-15-8-2-1-7-14(15)16-22-24-25(23-16)9-4-10-26/h1-3,5-8,11,21,26H,4,9-10H2. The molecule has 1 heterocycles. The minimum absolute atomic E-state index is 0.0184. The number of aromatic nitrogens is 4. The summed E-state index contributed by atoms with van der Waals surface area (Å²) in [6.07, 6.45) is -3.91. The van der Waals surface area contributed by atoms with E-state index in [2.05, 4.69) is 20.7 Å². The largest absolute Gasteiger partial charge is 0.416 e. The lowest BCUT2D eigenvalue weighted by atomic mass is 10.1. The molecule has 0 radical (unpaired) electrons. The van der Waals surface area contributed by atoms with Crippen molar-refractivity contribution in [1.82, 2.24) is 20.2 Å². The molecule has 0 spiro atoms. The third kappa shape index (κ3) is 4.17. The number of halogens is 3. The maximum absolute atomic E-state index is 12.9. The Hall–Kier alpha value is -2.94. The summed E-state index contributed by atoms with van der Waals surface area (Å²) in [7, 11) is 0. The molecule has 0 unspecified atom stereocenters.